The molecular formula is C27H37N3O4S2. The van der Waals surface area contributed by atoms with E-state index in [1.165, 1.54) is 4.88 Å². The summed E-state index contributed by atoms with van der Waals surface area (Å²) in [6, 6.07) is 6.42. The summed E-state index contributed by atoms with van der Waals surface area (Å²) in [6.45, 7) is 8.56. The van der Waals surface area contributed by atoms with E-state index in [2.05, 4.69) is 55.2 Å². The number of aromatic amines is 1. The smallest absolute Gasteiger partial charge is 0.221 e. The number of benzene rings is 1. The van der Waals surface area contributed by atoms with Crippen molar-refractivity contribution >= 4 is 38.0 Å². The summed E-state index contributed by atoms with van der Waals surface area (Å²) in [7, 11) is -0.842. The van der Waals surface area contributed by atoms with Crippen LogP contribution in [-0.2, 0) is 32.3 Å². The first-order valence-electron chi connectivity index (χ1n) is 12.4. The first-order valence-corrected chi connectivity index (χ1v) is 15.1. The molecule has 7 nitrogen and oxygen atoms in total. The molecule has 196 valence electrons. The van der Waals surface area contributed by atoms with Crippen LogP contribution in [0, 0.1) is 0 Å². The van der Waals surface area contributed by atoms with Crippen LogP contribution in [0.1, 0.15) is 55.5 Å². The number of nitrogens with one attached hydrogen (secondary N) is 1. The number of nitrogens with two attached hydrogens (primary N) is 1. The van der Waals surface area contributed by atoms with Gasteiger partial charge in [0.1, 0.15) is 9.84 Å². The molecule has 3 N–H and O–H groups in total. The van der Waals surface area contributed by atoms with Gasteiger partial charge in [0.05, 0.1) is 30.1 Å². The van der Waals surface area contributed by atoms with E-state index in [4.69, 9.17) is 10.5 Å². The molecule has 3 heterocycles. The number of carbonyl (C=O) groups excluding carboxylic acids is 1. The number of likely N-dealkylation sites (N-methyl/N-ethyl adjacent to an activating group) is 1. The number of primary amides is 1. The van der Waals surface area contributed by atoms with Gasteiger partial charge in [-0.15, -0.1) is 11.3 Å². The van der Waals surface area contributed by atoms with E-state index < -0.39 is 9.84 Å². The van der Waals surface area contributed by atoms with Crippen molar-refractivity contribution in [2.24, 2.45) is 5.73 Å². The molecule has 0 bridgehead atoms. The van der Waals surface area contributed by atoms with Gasteiger partial charge in [-0.25, -0.2) is 8.42 Å². The van der Waals surface area contributed by atoms with Crippen LogP contribution >= 0.6 is 11.3 Å². The fourth-order valence-corrected chi connectivity index (χ4v) is 7.29. The standard InChI is InChI=1S/C27H37N3O4S2/c1-27(2,3)34-8-7-30(4)16-22-12-21(17-35-22)19-11-20(14-25(28)31)26-23(13-19)24(15-29-26)18-5-9-36(32,33)10-6-18/h11-13,15,17-18,29H,5-10,14,16H2,1-4H3,(H2,28,31). The van der Waals surface area contributed by atoms with Crippen LogP contribution in [0.15, 0.2) is 29.8 Å². The topological polar surface area (TPSA) is 105 Å². The summed E-state index contributed by atoms with van der Waals surface area (Å²) >= 11 is 1.72. The highest BCUT2D eigenvalue weighted by molar-refractivity contribution is 7.91. The highest BCUT2D eigenvalue weighted by Crippen LogP contribution is 2.38. The average Bonchev–Trinajstić information content (AvgIpc) is 3.40. The number of hydrogen-bond donors (Lipinski definition) is 2. The first kappa shape index (κ1) is 26.9. The van der Waals surface area contributed by atoms with Crippen LogP contribution in [0.4, 0.5) is 0 Å². The van der Waals surface area contributed by atoms with Crippen molar-refractivity contribution in [1.82, 2.24) is 9.88 Å². The Morgan fingerprint density at radius 1 is 1.19 bits per heavy atom. The maximum atomic E-state index is 12.0. The molecule has 1 aliphatic heterocycles. The van der Waals surface area contributed by atoms with E-state index in [-0.39, 0.29) is 35.4 Å². The number of amides is 1. The molecule has 0 saturated carbocycles. The second-order valence-corrected chi connectivity index (χ2v) is 14.2. The van der Waals surface area contributed by atoms with E-state index in [9.17, 15) is 13.2 Å². The molecular weight excluding hydrogens is 494 g/mol. The number of carbonyl (C=O) groups is 1. The number of aromatic nitrogens is 1. The van der Waals surface area contributed by atoms with Gasteiger partial charge in [-0.1, -0.05) is 0 Å². The number of rotatable bonds is 9. The molecule has 2 aromatic heterocycles. The minimum absolute atomic E-state index is 0.138. The lowest BCUT2D eigenvalue weighted by Crippen LogP contribution is -2.27. The highest BCUT2D eigenvalue weighted by atomic mass is 32.2. The molecule has 0 spiro atoms. The Morgan fingerprint density at radius 3 is 2.58 bits per heavy atom. The van der Waals surface area contributed by atoms with Crippen molar-refractivity contribution in [3.63, 3.8) is 0 Å². The average molecular weight is 532 g/mol. The van der Waals surface area contributed by atoms with Crippen molar-refractivity contribution in [3.05, 3.63) is 45.8 Å². The Hall–Kier alpha value is -2.20. The minimum Gasteiger partial charge on any atom is -0.375 e. The van der Waals surface area contributed by atoms with Crippen molar-refractivity contribution in [1.29, 1.82) is 0 Å². The quantitative estimate of drug-likeness (QED) is 0.424. The zero-order chi connectivity index (χ0) is 26.1. The summed E-state index contributed by atoms with van der Waals surface area (Å²) in [5.41, 5.74) is 10.5. The maximum absolute atomic E-state index is 12.0. The molecule has 1 aliphatic rings. The zero-order valence-electron chi connectivity index (χ0n) is 21.6. The Kier molecular flexibility index (Phi) is 7.95. The van der Waals surface area contributed by atoms with Gasteiger partial charge in [-0.05, 0) is 92.4 Å². The SMILES string of the molecule is CN(CCOC(C)(C)C)Cc1cc(-c2cc(CC(N)=O)c3[nH]cc(C4CCS(=O)(=O)CC4)c3c2)cs1. The predicted octanol–water partition coefficient (Wildman–Crippen LogP) is 4.46. The fraction of sp³-hybridized carbons (Fsp3) is 0.519. The number of sulfone groups is 1. The van der Waals surface area contributed by atoms with E-state index in [1.807, 2.05) is 12.3 Å². The lowest BCUT2D eigenvalue weighted by molar-refractivity contribution is -0.117. The van der Waals surface area contributed by atoms with E-state index in [0.29, 0.717) is 19.4 Å². The van der Waals surface area contributed by atoms with Gasteiger partial charge in [-0.3, -0.25) is 9.69 Å². The summed E-state index contributed by atoms with van der Waals surface area (Å²) in [4.78, 5) is 18.7. The molecule has 0 radical (unpaired) electrons. The van der Waals surface area contributed by atoms with Gasteiger partial charge in [0.2, 0.25) is 5.91 Å². The molecule has 1 amide bonds. The highest BCUT2D eigenvalue weighted by Gasteiger charge is 2.27. The summed E-state index contributed by atoms with van der Waals surface area (Å²) in [5.74, 6) is 0.250. The minimum atomic E-state index is -2.94. The van der Waals surface area contributed by atoms with Crippen molar-refractivity contribution in [2.75, 3.05) is 31.7 Å². The second kappa shape index (κ2) is 10.7. The third kappa shape index (κ3) is 6.76. The van der Waals surface area contributed by atoms with Crippen LogP contribution in [0.25, 0.3) is 22.0 Å². The van der Waals surface area contributed by atoms with E-state index in [0.717, 1.165) is 46.2 Å². The lowest BCUT2D eigenvalue weighted by Gasteiger charge is -2.22. The summed E-state index contributed by atoms with van der Waals surface area (Å²) < 4.78 is 29.8. The number of nitrogens with zero attached hydrogens (tertiary/aromatic N) is 1. The van der Waals surface area contributed by atoms with Crippen molar-refractivity contribution in [3.8, 4) is 11.1 Å². The molecule has 4 rings (SSSR count). The Labute approximate surface area is 217 Å². The number of fused-ring (bicyclic) bond motifs is 1. The van der Waals surface area contributed by atoms with Crippen molar-refractivity contribution in [2.45, 2.75) is 58.1 Å². The normalized spacial score (nSPS) is 16.7. The molecule has 1 aromatic carbocycles. The summed E-state index contributed by atoms with van der Waals surface area (Å²) in [6.07, 6.45) is 3.38. The summed E-state index contributed by atoms with van der Waals surface area (Å²) in [5, 5.41) is 3.21. The van der Waals surface area contributed by atoms with Crippen LogP contribution in [0.3, 0.4) is 0 Å². The fourth-order valence-electron chi connectivity index (χ4n) is 4.83. The molecule has 1 fully saturated rings. The van der Waals surface area contributed by atoms with Gasteiger partial charge in [0.25, 0.3) is 0 Å². The largest absolute Gasteiger partial charge is 0.375 e. The lowest BCUT2D eigenvalue weighted by atomic mass is 9.91. The van der Waals surface area contributed by atoms with Gasteiger partial charge in [0, 0.05) is 35.1 Å². The molecule has 0 atom stereocenters. The molecule has 3 aromatic rings. The van der Waals surface area contributed by atoms with Gasteiger partial charge < -0.3 is 15.5 Å². The number of hydrogen-bond acceptors (Lipinski definition) is 6. The zero-order valence-corrected chi connectivity index (χ0v) is 23.2. The third-order valence-corrected chi connectivity index (χ3v) is 9.32. The molecule has 0 aliphatic carbocycles. The molecule has 9 heteroatoms. The van der Waals surface area contributed by atoms with E-state index >= 15 is 0 Å². The Balaban J connectivity index is 1.59. The Morgan fingerprint density at radius 2 is 1.92 bits per heavy atom. The van der Waals surface area contributed by atoms with Crippen LogP contribution in [-0.4, -0.2) is 61.5 Å². The Bertz CT molecular complexity index is 1320. The van der Waals surface area contributed by atoms with Crippen LogP contribution in [0.5, 0.6) is 0 Å². The van der Waals surface area contributed by atoms with Crippen LogP contribution in [0.2, 0.25) is 0 Å². The van der Waals surface area contributed by atoms with Gasteiger partial charge in [0.15, 0.2) is 0 Å². The maximum Gasteiger partial charge on any atom is 0.221 e. The second-order valence-electron chi connectivity index (χ2n) is 10.9. The van der Waals surface area contributed by atoms with Crippen molar-refractivity contribution < 1.29 is 17.9 Å². The third-order valence-electron chi connectivity index (χ3n) is 6.68. The molecule has 0 unspecified atom stereocenters. The van der Waals surface area contributed by atoms with Gasteiger partial charge in [-0.2, -0.15) is 0 Å². The van der Waals surface area contributed by atoms with E-state index in [1.54, 1.807) is 11.3 Å². The first-order chi connectivity index (χ1) is 16.9. The molecule has 1 saturated heterocycles. The number of ether oxygens (including phenoxy) is 1. The number of H-pyrrole nitrogens is 1. The van der Waals surface area contributed by atoms with Crippen LogP contribution < -0.4 is 5.73 Å². The predicted molar refractivity (Wildman–Crippen MR) is 147 cm³/mol. The molecule has 36 heavy (non-hydrogen) atoms. The number of thiophene rings is 1. The van der Waals surface area contributed by atoms with Gasteiger partial charge >= 0.3 is 0 Å². The monoisotopic (exact) mass is 531 g/mol.